The SMILES string of the molecule is CC(CCN)OCCOCCN. The minimum absolute atomic E-state index is 0.233. The first-order valence-corrected chi connectivity index (χ1v) is 4.40. The van der Waals surface area contributed by atoms with Gasteiger partial charge in [0, 0.05) is 6.54 Å². The number of rotatable bonds is 8. The summed E-state index contributed by atoms with van der Waals surface area (Å²) in [6.07, 6.45) is 1.13. The van der Waals surface area contributed by atoms with E-state index in [0.717, 1.165) is 6.42 Å². The zero-order valence-electron chi connectivity index (χ0n) is 7.79. The van der Waals surface area contributed by atoms with E-state index in [1.807, 2.05) is 6.92 Å². The maximum absolute atomic E-state index is 5.38. The van der Waals surface area contributed by atoms with Gasteiger partial charge in [0.05, 0.1) is 25.9 Å². The molecule has 4 N–H and O–H groups in total. The average molecular weight is 176 g/mol. The summed E-state index contributed by atoms with van der Waals surface area (Å²) in [6, 6.07) is 0. The number of hydrogen-bond acceptors (Lipinski definition) is 4. The summed E-state index contributed by atoms with van der Waals surface area (Å²) in [7, 11) is 0. The summed E-state index contributed by atoms with van der Waals surface area (Å²) >= 11 is 0. The Morgan fingerprint density at radius 2 is 1.83 bits per heavy atom. The Bertz CT molecular complexity index is 91.1. The van der Waals surface area contributed by atoms with Gasteiger partial charge in [-0.15, -0.1) is 0 Å². The Balaban J connectivity index is 2.97. The molecule has 0 saturated carbocycles. The van der Waals surface area contributed by atoms with Crippen LogP contribution in [0.4, 0.5) is 0 Å². The van der Waals surface area contributed by atoms with Crippen molar-refractivity contribution in [2.75, 3.05) is 32.9 Å². The molecule has 0 aromatic carbocycles. The molecular formula is C8H20N2O2. The third-order valence-electron chi connectivity index (χ3n) is 1.47. The minimum Gasteiger partial charge on any atom is -0.378 e. The molecule has 74 valence electrons. The standard InChI is InChI=1S/C8H20N2O2/c1-8(2-3-9)12-7-6-11-5-4-10/h8H,2-7,9-10H2,1H3. The van der Waals surface area contributed by atoms with Crippen LogP contribution in [0.3, 0.4) is 0 Å². The van der Waals surface area contributed by atoms with E-state index in [-0.39, 0.29) is 6.10 Å². The number of hydrogen-bond donors (Lipinski definition) is 2. The second-order valence-electron chi connectivity index (χ2n) is 2.66. The molecule has 0 aliphatic carbocycles. The highest BCUT2D eigenvalue weighted by Crippen LogP contribution is 1.94. The van der Waals surface area contributed by atoms with E-state index in [2.05, 4.69) is 0 Å². The summed E-state index contributed by atoms with van der Waals surface area (Å²) in [6.45, 7) is 5.10. The van der Waals surface area contributed by atoms with Gasteiger partial charge in [-0.3, -0.25) is 0 Å². The Morgan fingerprint density at radius 3 is 2.42 bits per heavy atom. The van der Waals surface area contributed by atoms with Gasteiger partial charge in [0.2, 0.25) is 0 Å². The maximum Gasteiger partial charge on any atom is 0.0704 e. The third kappa shape index (κ3) is 7.94. The van der Waals surface area contributed by atoms with Crippen molar-refractivity contribution in [2.45, 2.75) is 19.4 Å². The molecule has 0 aliphatic rings. The molecule has 4 nitrogen and oxygen atoms in total. The number of nitrogens with two attached hydrogens (primary N) is 2. The zero-order chi connectivity index (χ0) is 9.23. The van der Waals surface area contributed by atoms with E-state index < -0.39 is 0 Å². The predicted octanol–water partition coefficient (Wildman–Crippen LogP) is -0.284. The fraction of sp³-hybridized carbons (Fsp3) is 1.00. The molecule has 1 atom stereocenters. The lowest BCUT2D eigenvalue weighted by Gasteiger charge is -2.11. The van der Waals surface area contributed by atoms with Crippen LogP contribution in [0.15, 0.2) is 0 Å². The zero-order valence-corrected chi connectivity index (χ0v) is 7.79. The Morgan fingerprint density at radius 1 is 1.08 bits per heavy atom. The van der Waals surface area contributed by atoms with Crippen molar-refractivity contribution < 1.29 is 9.47 Å². The van der Waals surface area contributed by atoms with Gasteiger partial charge in [-0.05, 0) is 19.9 Å². The molecule has 0 rings (SSSR count). The van der Waals surface area contributed by atoms with Crippen LogP contribution in [0, 0.1) is 0 Å². The van der Waals surface area contributed by atoms with E-state index in [1.54, 1.807) is 0 Å². The van der Waals surface area contributed by atoms with Gasteiger partial charge in [-0.1, -0.05) is 0 Å². The highest BCUT2D eigenvalue weighted by Gasteiger charge is 1.98. The van der Waals surface area contributed by atoms with Crippen LogP contribution < -0.4 is 11.5 Å². The first-order valence-electron chi connectivity index (χ1n) is 4.40. The molecule has 0 bridgehead atoms. The summed E-state index contributed by atoms with van der Waals surface area (Å²) < 4.78 is 10.5. The second-order valence-corrected chi connectivity index (χ2v) is 2.66. The van der Waals surface area contributed by atoms with Crippen molar-refractivity contribution in [1.29, 1.82) is 0 Å². The Labute approximate surface area is 74.2 Å². The van der Waals surface area contributed by atoms with Crippen LogP contribution >= 0.6 is 0 Å². The van der Waals surface area contributed by atoms with Crippen molar-refractivity contribution in [3.05, 3.63) is 0 Å². The van der Waals surface area contributed by atoms with Gasteiger partial charge in [-0.25, -0.2) is 0 Å². The second kappa shape index (κ2) is 8.93. The van der Waals surface area contributed by atoms with Gasteiger partial charge in [0.15, 0.2) is 0 Å². The molecule has 0 saturated heterocycles. The van der Waals surface area contributed by atoms with Crippen LogP contribution in [0.1, 0.15) is 13.3 Å². The molecule has 12 heavy (non-hydrogen) atoms. The van der Waals surface area contributed by atoms with Crippen LogP contribution in [0.5, 0.6) is 0 Å². The summed E-state index contributed by atoms with van der Waals surface area (Å²) in [5.74, 6) is 0. The minimum atomic E-state index is 0.233. The van der Waals surface area contributed by atoms with Gasteiger partial charge >= 0.3 is 0 Å². The van der Waals surface area contributed by atoms with Gasteiger partial charge in [-0.2, -0.15) is 0 Å². The molecule has 0 spiro atoms. The molecule has 0 heterocycles. The number of ether oxygens (including phenoxy) is 2. The molecule has 0 aromatic rings. The molecule has 0 aromatic heterocycles. The third-order valence-corrected chi connectivity index (χ3v) is 1.47. The molecule has 4 heteroatoms. The summed E-state index contributed by atoms with van der Waals surface area (Å²) in [5, 5.41) is 0. The summed E-state index contributed by atoms with van der Waals surface area (Å²) in [4.78, 5) is 0. The van der Waals surface area contributed by atoms with Gasteiger partial charge in [0.1, 0.15) is 0 Å². The van der Waals surface area contributed by atoms with Crippen LogP contribution in [0.25, 0.3) is 0 Å². The molecule has 1 unspecified atom stereocenters. The van der Waals surface area contributed by atoms with E-state index in [4.69, 9.17) is 20.9 Å². The van der Waals surface area contributed by atoms with Gasteiger partial charge < -0.3 is 20.9 Å². The van der Waals surface area contributed by atoms with E-state index in [9.17, 15) is 0 Å². The molecule has 0 fully saturated rings. The van der Waals surface area contributed by atoms with Crippen LogP contribution in [0.2, 0.25) is 0 Å². The van der Waals surface area contributed by atoms with E-state index >= 15 is 0 Å². The Hall–Kier alpha value is -0.160. The first kappa shape index (κ1) is 11.8. The lowest BCUT2D eigenvalue weighted by molar-refractivity contribution is 0.0120. The van der Waals surface area contributed by atoms with Crippen LogP contribution in [-0.4, -0.2) is 39.0 Å². The van der Waals surface area contributed by atoms with Gasteiger partial charge in [0.25, 0.3) is 0 Å². The lowest BCUT2D eigenvalue weighted by Crippen LogP contribution is -2.18. The Kier molecular flexibility index (Phi) is 8.81. The van der Waals surface area contributed by atoms with Crippen molar-refractivity contribution in [3.8, 4) is 0 Å². The predicted molar refractivity (Wildman–Crippen MR) is 49.0 cm³/mol. The van der Waals surface area contributed by atoms with E-state index in [0.29, 0.717) is 32.9 Å². The lowest BCUT2D eigenvalue weighted by atomic mass is 10.3. The topological polar surface area (TPSA) is 70.5 Å². The molecule has 0 radical (unpaired) electrons. The fourth-order valence-corrected chi connectivity index (χ4v) is 0.812. The largest absolute Gasteiger partial charge is 0.378 e. The molecule has 0 aliphatic heterocycles. The quantitative estimate of drug-likeness (QED) is 0.499. The highest BCUT2D eigenvalue weighted by atomic mass is 16.5. The maximum atomic E-state index is 5.38. The van der Waals surface area contributed by atoms with Crippen molar-refractivity contribution in [1.82, 2.24) is 0 Å². The van der Waals surface area contributed by atoms with E-state index in [1.165, 1.54) is 0 Å². The highest BCUT2D eigenvalue weighted by molar-refractivity contribution is 4.49. The first-order chi connectivity index (χ1) is 5.81. The van der Waals surface area contributed by atoms with Crippen molar-refractivity contribution >= 4 is 0 Å². The summed E-state index contributed by atoms with van der Waals surface area (Å²) in [5.41, 5.74) is 10.6. The normalized spacial score (nSPS) is 13.2. The smallest absolute Gasteiger partial charge is 0.0704 e. The molecular weight excluding hydrogens is 156 g/mol. The van der Waals surface area contributed by atoms with Crippen LogP contribution in [-0.2, 0) is 9.47 Å². The fourth-order valence-electron chi connectivity index (χ4n) is 0.812. The van der Waals surface area contributed by atoms with Crippen molar-refractivity contribution in [3.63, 3.8) is 0 Å². The monoisotopic (exact) mass is 176 g/mol. The van der Waals surface area contributed by atoms with Crippen molar-refractivity contribution in [2.24, 2.45) is 11.5 Å². The average Bonchev–Trinajstić information content (AvgIpc) is 2.05. The molecule has 0 amide bonds.